The number of carbonyl (C=O) groups is 1. The molecule has 3 saturated carbocycles. The molecule has 7 atom stereocenters. The Morgan fingerprint density at radius 1 is 0.929 bits per heavy atom. The molecule has 5 rings (SSSR count). The van der Waals surface area contributed by atoms with Gasteiger partial charge in [0.1, 0.15) is 0 Å². The molecular formula is C26H37NO. The Morgan fingerprint density at radius 3 is 2.54 bits per heavy atom. The van der Waals surface area contributed by atoms with E-state index in [1.165, 1.54) is 56.9 Å². The van der Waals surface area contributed by atoms with Crippen LogP contribution >= 0.6 is 0 Å². The molecule has 0 spiro atoms. The fraction of sp³-hybridized carbons (Fsp3) is 0.731. The first-order valence-corrected chi connectivity index (χ1v) is 11.8. The summed E-state index contributed by atoms with van der Waals surface area (Å²) >= 11 is 0. The van der Waals surface area contributed by atoms with E-state index < -0.39 is 0 Å². The van der Waals surface area contributed by atoms with Crippen LogP contribution in [0.25, 0.3) is 0 Å². The molecule has 2 nitrogen and oxygen atoms in total. The van der Waals surface area contributed by atoms with Gasteiger partial charge in [0.15, 0.2) is 0 Å². The minimum Gasteiger partial charge on any atom is -0.353 e. The average molecular weight is 380 g/mol. The highest BCUT2D eigenvalue weighted by Gasteiger charge is 2.60. The minimum absolute atomic E-state index is 0.295. The van der Waals surface area contributed by atoms with Crippen LogP contribution in [0.15, 0.2) is 30.3 Å². The Kier molecular flexibility index (Phi) is 4.60. The maximum Gasteiger partial charge on any atom is 0.220 e. The van der Waals surface area contributed by atoms with Crippen LogP contribution in [0.4, 0.5) is 0 Å². The summed E-state index contributed by atoms with van der Waals surface area (Å²) in [6.07, 6.45) is 12.7. The molecule has 4 aliphatic rings. The number of carbonyl (C=O) groups excluding carboxylic acids is 1. The minimum atomic E-state index is 0.295. The molecule has 2 heteroatoms. The van der Waals surface area contributed by atoms with Crippen LogP contribution in [0.2, 0.25) is 0 Å². The van der Waals surface area contributed by atoms with Crippen LogP contribution in [0.3, 0.4) is 0 Å². The van der Waals surface area contributed by atoms with Crippen molar-refractivity contribution in [2.75, 3.05) is 0 Å². The van der Waals surface area contributed by atoms with E-state index in [0.29, 0.717) is 22.8 Å². The third-order valence-electron chi connectivity index (χ3n) is 9.92. The molecule has 1 heterocycles. The third kappa shape index (κ3) is 2.85. The molecule has 1 aromatic carbocycles. The number of amides is 1. The number of aryl methyl sites for hydroxylation is 1. The second-order valence-electron chi connectivity index (χ2n) is 10.9. The Labute approximate surface area is 170 Å². The molecule has 152 valence electrons. The number of hydrogen-bond donors (Lipinski definition) is 1. The van der Waals surface area contributed by atoms with Gasteiger partial charge in [0, 0.05) is 12.5 Å². The van der Waals surface area contributed by atoms with E-state index in [0.717, 1.165) is 36.5 Å². The average Bonchev–Trinajstić information content (AvgIpc) is 3.04. The van der Waals surface area contributed by atoms with Gasteiger partial charge in [-0.05, 0) is 97.9 Å². The Bertz CT molecular complexity index is 729. The fourth-order valence-corrected chi connectivity index (χ4v) is 8.27. The van der Waals surface area contributed by atoms with E-state index in [2.05, 4.69) is 49.5 Å². The van der Waals surface area contributed by atoms with Gasteiger partial charge in [-0.1, -0.05) is 44.2 Å². The molecule has 0 radical (unpaired) electrons. The summed E-state index contributed by atoms with van der Waals surface area (Å²) in [4.78, 5) is 12.0. The van der Waals surface area contributed by atoms with Gasteiger partial charge in [0.05, 0.1) is 0 Å². The number of benzene rings is 1. The van der Waals surface area contributed by atoms with Crippen molar-refractivity contribution in [2.45, 2.75) is 84.1 Å². The van der Waals surface area contributed by atoms with Crippen molar-refractivity contribution in [1.29, 1.82) is 0 Å². The Hall–Kier alpha value is -1.31. The lowest BCUT2D eigenvalue weighted by atomic mass is 9.47. The number of fused-ring (bicyclic) bond motifs is 5. The molecule has 3 aliphatic carbocycles. The number of piperidine rings is 1. The zero-order valence-corrected chi connectivity index (χ0v) is 17.8. The van der Waals surface area contributed by atoms with Crippen molar-refractivity contribution in [3.05, 3.63) is 35.9 Å². The summed E-state index contributed by atoms with van der Waals surface area (Å²) in [6.45, 7) is 5.16. The molecule has 0 unspecified atom stereocenters. The third-order valence-corrected chi connectivity index (χ3v) is 9.92. The highest BCUT2D eigenvalue weighted by molar-refractivity contribution is 5.77. The van der Waals surface area contributed by atoms with Gasteiger partial charge >= 0.3 is 0 Å². The largest absolute Gasteiger partial charge is 0.353 e. The normalized spacial score (nSPS) is 44.9. The van der Waals surface area contributed by atoms with Gasteiger partial charge in [0.2, 0.25) is 5.91 Å². The summed E-state index contributed by atoms with van der Waals surface area (Å²) in [7, 11) is 0. The molecule has 28 heavy (non-hydrogen) atoms. The zero-order valence-electron chi connectivity index (χ0n) is 17.8. The summed E-state index contributed by atoms with van der Waals surface area (Å²) in [5.74, 6) is 3.84. The first kappa shape index (κ1) is 18.7. The van der Waals surface area contributed by atoms with Crippen molar-refractivity contribution < 1.29 is 4.79 Å². The smallest absolute Gasteiger partial charge is 0.220 e. The van der Waals surface area contributed by atoms with Crippen molar-refractivity contribution in [3.8, 4) is 0 Å². The summed E-state index contributed by atoms with van der Waals surface area (Å²) in [5, 5.41) is 3.37. The second kappa shape index (κ2) is 6.89. The van der Waals surface area contributed by atoms with Crippen molar-refractivity contribution in [2.24, 2.45) is 34.5 Å². The molecule has 1 amide bonds. The van der Waals surface area contributed by atoms with Gasteiger partial charge in [-0.25, -0.2) is 0 Å². The summed E-state index contributed by atoms with van der Waals surface area (Å²) in [5.41, 5.74) is 2.41. The fourth-order valence-electron chi connectivity index (χ4n) is 8.27. The van der Waals surface area contributed by atoms with Crippen LogP contribution in [0.1, 0.15) is 77.2 Å². The van der Waals surface area contributed by atoms with Gasteiger partial charge in [-0.15, -0.1) is 0 Å². The lowest BCUT2D eigenvalue weighted by Gasteiger charge is -2.60. The summed E-state index contributed by atoms with van der Waals surface area (Å²) in [6, 6.07) is 11.5. The quantitative estimate of drug-likeness (QED) is 0.711. The van der Waals surface area contributed by atoms with E-state index in [4.69, 9.17) is 0 Å². The predicted molar refractivity (Wildman–Crippen MR) is 114 cm³/mol. The first-order chi connectivity index (χ1) is 13.5. The molecule has 4 fully saturated rings. The van der Waals surface area contributed by atoms with Crippen molar-refractivity contribution >= 4 is 5.91 Å². The lowest BCUT2D eigenvalue weighted by Crippen LogP contribution is -2.61. The molecule has 1 N–H and O–H groups in total. The molecule has 1 aromatic rings. The van der Waals surface area contributed by atoms with Gasteiger partial charge in [-0.3, -0.25) is 4.79 Å². The van der Waals surface area contributed by atoms with Gasteiger partial charge in [-0.2, -0.15) is 0 Å². The standard InChI is InChI=1S/C26H37NO/c1-25-16-14-22-20(11-13-23-26(22,2)17-15-24(28)27-23)21(25)12-10-19(25)9-8-18-6-4-3-5-7-18/h3-7,19-23H,8-17H2,1-2H3,(H,27,28)/t19-,20-,21-,22-,23+,25+,26+/m0/s1. The molecule has 1 saturated heterocycles. The zero-order chi connectivity index (χ0) is 19.4. The molecular weight excluding hydrogens is 342 g/mol. The first-order valence-electron chi connectivity index (χ1n) is 11.8. The highest BCUT2D eigenvalue weighted by atomic mass is 16.1. The van der Waals surface area contributed by atoms with E-state index in [9.17, 15) is 4.79 Å². The number of hydrogen-bond acceptors (Lipinski definition) is 1. The van der Waals surface area contributed by atoms with E-state index >= 15 is 0 Å². The van der Waals surface area contributed by atoms with E-state index in [1.54, 1.807) is 0 Å². The van der Waals surface area contributed by atoms with Crippen LogP contribution in [0.5, 0.6) is 0 Å². The van der Waals surface area contributed by atoms with Gasteiger partial charge < -0.3 is 5.32 Å². The van der Waals surface area contributed by atoms with Crippen LogP contribution in [-0.2, 0) is 11.2 Å². The lowest BCUT2D eigenvalue weighted by molar-refractivity contribution is -0.136. The van der Waals surface area contributed by atoms with Crippen LogP contribution in [0, 0.1) is 34.5 Å². The SMILES string of the molecule is C[C@]12CCC(=O)N[C@@H]1CC[C@@H]1[C@@H]2CC[C@]2(C)[C@@H](CCc3ccccc3)CC[C@@H]12. The molecule has 1 aliphatic heterocycles. The van der Waals surface area contributed by atoms with E-state index in [-0.39, 0.29) is 0 Å². The monoisotopic (exact) mass is 379 g/mol. The topological polar surface area (TPSA) is 29.1 Å². The number of rotatable bonds is 3. The van der Waals surface area contributed by atoms with Crippen molar-refractivity contribution in [1.82, 2.24) is 5.32 Å². The van der Waals surface area contributed by atoms with Crippen LogP contribution in [-0.4, -0.2) is 11.9 Å². The Morgan fingerprint density at radius 2 is 1.71 bits per heavy atom. The highest BCUT2D eigenvalue weighted by Crippen LogP contribution is 2.66. The van der Waals surface area contributed by atoms with E-state index in [1.807, 2.05) is 0 Å². The van der Waals surface area contributed by atoms with Crippen molar-refractivity contribution in [3.63, 3.8) is 0 Å². The summed E-state index contributed by atoms with van der Waals surface area (Å²) < 4.78 is 0. The molecule has 0 aromatic heterocycles. The number of nitrogens with one attached hydrogen (secondary N) is 1. The van der Waals surface area contributed by atoms with Gasteiger partial charge in [0.25, 0.3) is 0 Å². The van der Waals surface area contributed by atoms with Crippen LogP contribution < -0.4 is 5.32 Å². The Balaban J connectivity index is 1.32. The maximum absolute atomic E-state index is 12.0. The maximum atomic E-state index is 12.0. The molecule has 0 bridgehead atoms. The second-order valence-corrected chi connectivity index (χ2v) is 10.9. The predicted octanol–water partition coefficient (Wildman–Crippen LogP) is 5.76.